The van der Waals surface area contributed by atoms with E-state index in [4.69, 9.17) is 5.41 Å². The van der Waals surface area contributed by atoms with Crippen LogP contribution < -0.4 is 0 Å². The van der Waals surface area contributed by atoms with Crippen molar-refractivity contribution in [2.75, 3.05) is 0 Å². The normalized spacial score (nSPS) is 16.7. The summed E-state index contributed by atoms with van der Waals surface area (Å²) in [5.74, 6) is -0.367. The smallest absolute Gasteiger partial charge is 0.283 e. The van der Waals surface area contributed by atoms with Crippen molar-refractivity contribution >= 4 is 39.8 Å². The SMILES string of the molecule is CCc1ccccc1-n1c(C)cc(/C=C2\C(=N)N3N=C(c4ccccc4C)SC3=NC2=O)c1C. The van der Waals surface area contributed by atoms with Gasteiger partial charge in [-0.3, -0.25) is 10.2 Å². The van der Waals surface area contributed by atoms with Crippen LogP contribution >= 0.6 is 11.8 Å². The maximum atomic E-state index is 12.9. The molecule has 0 unspecified atom stereocenters. The lowest BCUT2D eigenvalue weighted by atomic mass is 10.1. The standard InChI is InChI=1S/C27H25N5OS/c1-5-19-11-7-9-13-23(19)31-17(3)14-20(18(31)4)15-22-24(28)32-27(29-25(22)33)34-26(30-32)21-12-8-6-10-16(21)2/h6-15,28H,5H2,1-4H3/b22-15+,28-24?. The van der Waals surface area contributed by atoms with Crippen LogP contribution in [-0.2, 0) is 11.2 Å². The molecule has 3 aromatic rings. The number of carbonyl (C=O) groups is 1. The van der Waals surface area contributed by atoms with Crippen molar-refractivity contribution < 1.29 is 4.79 Å². The average molecular weight is 468 g/mol. The second-order valence-electron chi connectivity index (χ2n) is 8.38. The van der Waals surface area contributed by atoms with Crippen LogP contribution in [0.3, 0.4) is 0 Å². The molecule has 0 fully saturated rings. The van der Waals surface area contributed by atoms with E-state index < -0.39 is 5.91 Å². The van der Waals surface area contributed by atoms with Gasteiger partial charge in [0.15, 0.2) is 5.84 Å². The zero-order valence-corrected chi connectivity index (χ0v) is 20.4. The largest absolute Gasteiger partial charge is 0.318 e. The van der Waals surface area contributed by atoms with E-state index in [2.05, 4.69) is 52.8 Å². The van der Waals surface area contributed by atoms with Gasteiger partial charge >= 0.3 is 0 Å². The van der Waals surface area contributed by atoms with Crippen molar-refractivity contribution in [3.8, 4) is 5.69 Å². The Hall–Kier alpha value is -3.71. The summed E-state index contributed by atoms with van der Waals surface area (Å²) in [6.45, 7) is 8.26. The minimum Gasteiger partial charge on any atom is -0.318 e. The number of aromatic nitrogens is 1. The zero-order valence-electron chi connectivity index (χ0n) is 19.6. The third-order valence-corrected chi connectivity index (χ3v) is 7.16. The molecule has 6 nitrogen and oxygen atoms in total. The van der Waals surface area contributed by atoms with Crippen molar-refractivity contribution in [2.24, 2.45) is 10.1 Å². The Balaban J connectivity index is 1.53. The van der Waals surface area contributed by atoms with Crippen LogP contribution in [0.5, 0.6) is 0 Å². The monoisotopic (exact) mass is 467 g/mol. The highest BCUT2D eigenvalue weighted by Gasteiger charge is 2.36. The van der Waals surface area contributed by atoms with E-state index in [-0.39, 0.29) is 11.4 Å². The van der Waals surface area contributed by atoms with E-state index in [0.29, 0.717) is 5.17 Å². The number of hydrazone groups is 1. The summed E-state index contributed by atoms with van der Waals surface area (Å²) in [5.41, 5.74) is 7.68. The van der Waals surface area contributed by atoms with Crippen LogP contribution in [0.15, 0.2) is 70.3 Å². The van der Waals surface area contributed by atoms with Gasteiger partial charge in [-0.15, -0.1) is 0 Å². The maximum absolute atomic E-state index is 12.9. The Morgan fingerprint density at radius 1 is 1.06 bits per heavy atom. The molecule has 34 heavy (non-hydrogen) atoms. The number of hydrogen-bond donors (Lipinski definition) is 1. The van der Waals surface area contributed by atoms with Gasteiger partial charge in [-0.05, 0) is 73.9 Å². The molecule has 1 aromatic heterocycles. The molecular weight excluding hydrogens is 442 g/mol. The molecule has 170 valence electrons. The van der Waals surface area contributed by atoms with Crippen molar-refractivity contribution in [1.29, 1.82) is 5.41 Å². The molecule has 0 spiro atoms. The summed E-state index contributed by atoms with van der Waals surface area (Å²) in [7, 11) is 0. The first-order chi connectivity index (χ1) is 16.4. The fourth-order valence-electron chi connectivity index (χ4n) is 4.40. The van der Waals surface area contributed by atoms with Gasteiger partial charge in [0.05, 0.1) is 5.57 Å². The number of aryl methyl sites for hydroxylation is 3. The van der Waals surface area contributed by atoms with Gasteiger partial charge < -0.3 is 4.57 Å². The molecule has 0 saturated carbocycles. The Morgan fingerprint density at radius 3 is 2.56 bits per heavy atom. The molecule has 2 aromatic carbocycles. The molecule has 3 heterocycles. The van der Waals surface area contributed by atoms with Crippen LogP contribution in [0, 0.1) is 26.2 Å². The fraction of sp³-hybridized carbons (Fsp3) is 0.185. The lowest BCUT2D eigenvalue weighted by Crippen LogP contribution is -2.35. The molecule has 2 aliphatic heterocycles. The molecule has 0 aliphatic carbocycles. The molecule has 0 bridgehead atoms. The molecule has 0 atom stereocenters. The Labute approximate surface area is 203 Å². The number of amidine groups is 2. The third-order valence-electron chi connectivity index (χ3n) is 6.21. The van der Waals surface area contributed by atoms with E-state index in [1.54, 1.807) is 6.08 Å². The van der Waals surface area contributed by atoms with Gasteiger partial charge in [0.25, 0.3) is 5.91 Å². The van der Waals surface area contributed by atoms with Gasteiger partial charge in [-0.25, -0.2) is 0 Å². The van der Waals surface area contributed by atoms with E-state index in [0.717, 1.165) is 45.2 Å². The van der Waals surface area contributed by atoms with Gasteiger partial charge in [0, 0.05) is 22.6 Å². The Bertz CT molecular complexity index is 1440. The number of nitrogens with one attached hydrogen (secondary N) is 1. The highest BCUT2D eigenvalue weighted by atomic mass is 32.2. The van der Waals surface area contributed by atoms with Crippen LogP contribution in [-0.4, -0.2) is 31.5 Å². The zero-order chi connectivity index (χ0) is 24.0. The van der Waals surface area contributed by atoms with Crippen LogP contribution in [0.4, 0.5) is 0 Å². The fourth-order valence-corrected chi connectivity index (χ4v) is 5.38. The highest BCUT2D eigenvalue weighted by molar-refractivity contribution is 8.27. The lowest BCUT2D eigenvalue weighted by molar-refractivity contribution is -0.114. The van der Waals surface area contributed by atoms with Gasteiger partial charge in [-0.1, -0.05) is 49.4 Å². The maximum Gasteiger partial charge on any atom is 0.283 e. The third kappa shape index (κ3) is 3.62. The number of thioether (sulfide) groups is 1. The molecule has 0 saturated heterocycles. The van der Waals surface area contributed by atoms with E-state index in [1.165, 1.54) is 22.3 Å². The number of carbonyl (C=O) groups excluding carboxylic acids is 1. The number of fused-ring (bicyclic) bond motifs is 1. The summed E-state index contributed by atoms with van der Waals surface area (Å²) in [6, 6.07) is 18.3. The van der Waals surface area contributed by atoms with Crippen LogP contribution in [0.1, 0.15) is 40.6 Å². The van der Waals surface area contributed by atoms with E-state index in [1.807, 2.05) is 44.2 Å². The first kappa shape index (κ1) is 22.1. The van der Waals surface area contributed by atoms with Crippen molar-refractivity contribution in [3.05, 3.63) is 93.8 Å². The second-order valence-corrected chi connectivity index (χ2v) is 9.34. The highest BCUT2D eigenvalue weighted by Crippen LogP contribution is 2.33. The number of benzene rings is 2. The lowest BCUT2D eigenvalue weighted by Gasteiger charge is -2.20. The summed E-state index contributed by atoms with van der Waals surface area (Å²) in [6.07, 6.45) is 2.70. The topological polar surface area (TPSA) is 73.8 Å². The Morgan fingerprint density at radius 2 is 1.79 bits per heavy atom. The van der Waals surface area contributed by atoms with Gasteiger partial charge in [0.2, 0.25) is 5.17 Å². The van der Waals surface area contributed by atoms with Crippen molar-refractivity contribution in [3.63, 3.8) is 0 Å². The number of aliphatic imine (C=N–C) groups is 1. The predicted octanol–water partition coefficient (Wildman–Crippen LogP) is 5.63. The second kappa shape index (κ2) is 8.57. The average Bonchev–Trinajstić information content (AvgIpc) is 3.37. The number of para-hydroxylation sites is 1. The van der Waals surface area contributed by atoms with Crippen molar-refractivity contribution in [1.82, 2.24) is 9.58 Å². The quantitative estimate of drug-likeness (QED) is 0.505. The summed E-state index contributed by atoms with van der Waals surface area (Å²) in [5, 5.41) is 16.0. The number of hydrogen-bond acceptors (Lipinski definition) is 4. The van der Waals surface area contributed by atoms with Gasteiger partial charge in [-0.2, -0.15) is 15.1 Å². The first-order valence-corrected chi connectivity index (χ1v) is 12.0. The minimum atomic E-state index is -0.413. The summed E-state index contributed by atoms with van der Waals surface area (Å²) >= 11 is 1.32. The molecule has 5 rings (SSSR count). The molecule has 2 aliphatic rings. The Kier molecular flexibility index (Phi) is 5.57. The summed E-state index contributed by atoms with van der Waals surface area (Å²) < 4.78 is 2.21. The van der Waals surface area contributed by atoms with E-state index >= 15 is 0 Å². The van der Waals surface area contributed by atoms with Crippen LogP contribution in [0.25, 0.3) is 11.8 Å². The number of rotatable bonds is 4. The molecule has 1 amide bonds. The van der Waals surface area contributed by atoms with E-state index in [9.17, 15) is 4.79 Å². The summed E-state index contributed by atoms with van der Waals surface area (Å²) in [4.78, 5) is 17.2. The molecule has 1 N–H and O–H groups in total. The van der Waals surface area contributed by atoms with Crippen LogP contribution in [0.2, 0.25) is 0 Å². The minimum absolute atomic E-state index is 0.0462. The molecule has 0 radical (unpaired) electrons. The molecule has 7 heteroatoms. The molecular formula is C27H25N5OS. The first-order valence-electron chi connectivity index (χ1n) is 11.2. The van der Waals surface area contributed by atoms with Gasteiger partial charge in [0.1, 0.15) is 5.04 Å². The number of nitrogens with zero attached hydrogens (tertiary/aromatic N) is 4. The predicted molar refractivity (Wildman–Crippen MR) is 140 cm³/mol. The van der Waals surface area contributed by atoms with Crippen molar-refractivity contribution in [2.45, 2.75) is 34.1 Å². The number of amides is 1.